The lowest BCUT2D eigenvalue weighted by atomic mass is 10.3. The van der Waals surface area contributed by atoms with Crippen molar-refractivity contribution >= 4 is 61.5 Å². The molecule has 0 fully saturated rings. The minimum atomic E-state index is -3.10. The molecule has 1 aromatic heterocycles. The third-order valence-electron chi connectivity index (χ3n) is 2.21. The second kappa shape index (κ2) is 6.27. The van der Waals surface area contributed by atoms with Crippen LogP contribution in [0.5, 0.6) is 0 Å². The summed E-state index contributed by atoms with van der Waals surface area (Å²) in [5, 5.41) is -0.169. The minimum Gasteiger partial charge on any atom is -0.288 e. The second-order valence-electron chi connectivity index (χ2n) is 3.49. The van der Waals surface area contributed by atoms with Crippen LogP contribution in [0.15, 0.2) is 28.0 Å². The van der Waals surface area contributed by atoms with E-state index < -0.39 is 21.7 Å². The van der Waals surface area contributed by atoms with Gasteiger partial charge in [0.25, 0.3) is 0 Å². The van der Waals surface area contributed by atoms with E-state index in [2.05, 4.69) is 20.9 Å². The molecule has 10 heteroatoms. The molecule has 1 heterocycles. The van der Waals surface area contributed by atoms with Crippen LogP contribution in [0.2, 0.25) is 15.2 Å². The third kappa shape index (κ3) is 3.17. The number of hydrogen-bond acceptors (Lipinski definition) is 2. The van der Waals surface area contributed by atoms with Crippen LogP contribution in [0.4, 0.5) is 8.78 Å². The number of imidazole rings is 1. The van der Waals surface area contributed by atoms with Crippen LogP contribution in [-0.4, -0.2) is 19.5 Å². The Bertz CT molecular complexity index is 672. The summed E-state index contributed by atoms with van der Waals surface area (Å²) in [6.45, 7) is 0. The number of alkyl halides is 2. The Morgan fingerprint density at radius 3 is 2.30 bits per heavy atom. The van der Waals surface area contributed by atoms with Gasteiger partial charge < -0.3 is 0 Å². The van der Waals surface area contributed by atoms with Crippen LogP contribution in [-0.2, 0) is 10.8 Å². The topological polar surface area (TPSA) is 34.9 Å². The van der Waals surface area contributed by atoms with Gasteiger partial charge in [0.05, 0.1) is 15.7 Å². The van der Waals surface area contributed by atoms with Gasteiger partial charge in [-0.1, -0.05) is 50.7 Å². The van der Waals surface area contributed by atoms with Crippen LogP contribution in [0.1, 0.15) is 0 Å². The van der Waals surface area contributed by atoms with Crippen molar-refractivity contribution in [1.82, 2.24) is 9.55 Å². The predicted octanol–water partition coefficient (Wildman–Crippen LogP) is 4.93. The molecule has 0 spiro atoms. The van der Waals surface area contributed by atoms with Crippen LogP contribution in [0.3, 0.4) is 0 Å². The number of aromatic nitrogens is 2. The van der Waals surface area contributed by atoms with Gasteiger partial charge in [-0.05, 0) is 12.1 Å². The summed E-state index contributed by atoms with van der Waals surface area (Å²) < 4.78 is 38.5. The zero-order chi connectivity index (χ0) is 15.0. The van der Waals surface area contributed by atoms with E-state index in [0.29, 0.717) is 4.47 Å². The van der Waals surface area contributed by atoms with Crippen molar-refractivity contribution in [3.8, 4) is 5.69 Å². The Labute approximate surface area is 138 Å². The van der Waals surface area contributed by atoms with Gasteiger partial charge in [0, 0.05) is 10.7 Å². The molecule has 0 aliphatic carbocycles. The van der Waals surface area contributed by atoms with Crippen molar-refractivity contribution in [2.45, 2.75) is 10.9 Å². The molecule has 0 aliphatic heterocycles. The molecule has 1 atom stereocenters. The first-order chi connectivity index (χ1) is 9.31. The van der Waals surface area contributed by atoms with Crippen LogP contribution < -0.4 is 0 Å². The molecule has 1 aromatic carbocycles. The maximum atomic E-state index is 12.6. The van der Waals surface area contributed by atoms with E-state index in [1.54, 1.807) is 0 Å². The maximum absolute atomic E-state index is 12.6. The van der Waals surface area contributed by atoms with Crippen LogP contribution in [0.25, 0.3) is 5.69 Å². The Morgan fingerprint density at radius 2 is 1.80 bits per heavy atom. The molecule has 0 N–H and O–H groups in total. The molecule has 0 aliphatic rings. The fourth-order valence-electron chi connectivity index (χ4n) is 1.48. The molecular weight excluding hydrogens is 420 g/mol. The molecule has 0 saturated heterocycles. The Kier molecular flexibility index (Phi) is 5.07. The second-order valence-corrected chi connectivity index (χ2v) is 6.93. The first-order valence-corrected chi connectivity index (χ1v) is 8.03. The Balaban J connectivity index is 2.68. The van der Waals surface area contributed by atoms with Crippen molar-refractivity contribution in [1.29, 1.82) is 0 Å². The average Bonchev–Trinajstić information content (AvgIpc) is 2.68. The zero-order valence-corrected chi connectivity index (χ0v) is 14.0. The van der Waals surface area contributed by atoms with Gasteiger partial charge in [-0.25, -0.2) is 9.19 Å². The number of hydrogen-bond donors (Lipinski definition) is 0. The molecule has 108 valence electrons. The zero-order valence-electron chi connectivity index (χ0n) is 9.29. The molecular formula is C10H4BrCl3F2N2OS. The highest BCUT2D eigenvalue weighted by atomic mass is 79.9. The lowest BCUT2D eigenvalue weighted by molar-refractivity contribution is 0.243. The van der Waals surface area contributed by atoms with Gasteiger partial charge in [-0.2, -0.15) is 8.78 Å². The maximum Gasteiger partial charge on any atom is 0.319 e. The molecule has 3 nitrogen and oxygen atoms in total. The summed E-state index contributed by atoms with van der Waals surface area (Å²) in [5.41, 5.74) is 0.180. The summed E-state index contributed by atoms with van der Waals surface area (Å²) >= 11 is 21.0. The largest absolute Gasteiger partial charge is 0.319 e. The highest BCUT2D eigenvalue weighted by Gasteiger charge is 2.25. The van der Waals surface area contributed by atoms with E-state index in [4.69, 9.17) is 34.8 Å². The molecule has 0 amide bonds. The third-order valence-corrected chi connectivity index (χ3v) is 4.40. The standard InChI is InChI=1S/C10H4BrCl3F2N2OS/c11-4-1-5(12)8(6(13)2-4)18-3-7(14)17-10(18)20(19)9(15)16/h1-3,9H. The molecule has 1 unspecified atom stereocenters. The monoisotopic (exact) mass is 422 g/mol. The quantitative estimate of drug-likeness (QED) is 0.701. The number of rotatable bonds is 3. The minimum absolute atomic E-state index is 0.0935. The van der Waals surface area contributed by atoms with Crippen molar-refractivity contribution in [3.63, 3.8) is 0 Å². The summed E-state index contributed by atoms with van der Waals surface area (Å²) in [6.07, 6.45) is 1.22. The van der Waals surface area contributed by atoms with Crippen molar-refractivity contribution in [2.75, 3.05) is 0 Å². The van der Waals surface area contributed by atoms with E-state index in [1.165, 1.54) is 18.3 Å². The van der Waals surface area contributed by atoms with Gasteiger partial charge in [-0.15, -0.1) is 0 Å². The van der Waals surface area contributed by atoms with Gasteiger partial charge in [-0.3, -0.25) is 4.57 Å². The molecule has 2 rings (SSSR count). The summed E-state index contributed by atoms with van der Waals surface area (Å²) in [4.78, 5) is 3.63. The van der Waals surface area contributed by atoms with E-state index in [0.717, 1.165) is 4.57 Å². The summed E-state index contributed by atoms with van der Waals surface area (Å²) in [6, 6.07) is 3.04. The van der Waals surface area contributed by atoms with Crippen molar-refractivity contribution < 1.29 is 13.0 Å². The van der Waals surface area contributed by atoms with E-state index in [-0.39, 0.29) is 20.9 Å². The summed E-state index contributed by atoms with van der Waals surface area (Å²) in [7, 11) is -2.64. The van der Waals surface area contributed by atoms with E-state index in [1.807, 2.05) is 0 Å². The van der Waals surface area contributed by atoms with E-state index in [9.17, 15) is 13.0 Å². The number of halogens is 6. The summed E-state index contributed by atoms with van der Waals surface area (Å²) in [5.74, 6) is -3.10. The SMILES string of the molecule is O=S(c1nc(Cl)cn1-c1c(Cl)cc(Br)cc1Cl)C(F)F. The van der Waals surface area contributed by atoms with Gasteiger partial charge in [0.2, 0.25) is 5.16 Å². The first-order valence-electron chi connectivity index (χ1n) is 4.89. The molecule has 0 saturated carbocycles. The fraction of sp³-hybridized carbons (Fsp3) is 0.100. The van der Waals surface area contributed by atoms with E-state index >= 15 is 0 Å². The molecule has 2 aromatic rings. The first kappa shape index (κ1) is 16.2. The highest BCUT2D eigenvalue weighted by Crippen LogP contribution is 2.34. The lowest BCUT2D eigenvalue weighted by Gasteiger charge is -2.11. The van der Waals surface area contributed by atoms with Crippen LogP contribution >= 0.6 is 50.7 Å². The molecule has 0 bridgehead atoms. The lowest BCUT2D eigenvalue weighted by Crippen LogP contribution is -2.10. The highest BCUT2D eigenvalue weighted by molar-refractivity contribution is 9.10. The number of nitrogens with zero attached hydrogens (tertiary/aromatic N) is 2. The Hall–Kier alpha value is -0.210. The molecule has 0 radical (unpaired) electrons. The smallest absolute Gasteiger partial charge is 0.288 e. The van der Waals surface area contributed by atoms with Crippen molar-refractivity contribution in [2.24, 2.45) is 0 Å². The Morgan fingerprint density at radius 1 is 1.25 bits per heavy atom. The molecule has 20 heavy (non-hydrogen) atoms. The fourth-order valence-corrected chi connectivity index (χ4v) is 3.79. The van der Waals surface area contributed by atoms with Crippen molar-refractivity contribution in [3.05, 3.63) is 38.0 Å². The van der Waals surface area contributed by atoms with Gasteiger partial charge in [0.15, 0.2) is 10.8 Å². The van der Waals surface area contributed by atoms with Crippen LogP contribution in [0, 0.1) is 0 Å². The predicted molar refractivity (Wildman–Crippen MR) is 78.7 cm³/mol. The van der Waals surface area contributed by atoms with Gasteiger partial charge in [0.1, 0.15) is 5.15 Å². The normalized spacial score (nSPS) is 12.9. The van der Waals surface area contributed by atoms with Gasteiger partial charge >= 0.3 is 5.76 Å². The number of benzene rings is 1. The average molecular weight is 424 g/mol.